The van der Waals surface area contributed by atoms with Gasteiger partial charge in [-0.1, -0.05) is 18.2 Å². The summed E-state index contributed by atoms with van der Waals surface area (Å²) in [5.74, 6) is 0.978. The van der Waals surface area contributed by atoms with Crippen molar-refractivity contribution in [2.75, 3.05) is 7.05 Å². The van der Waals surface area contributed by atoms with Gasteiger partial charge in [0, 0.05) is 5.56 Å². The standard InChI is InChI=1S/C14H14F3NO2/c1-9-7-8-12(19-9)13(18-2)10-5-3-4-6-11(10)20-14(15,16)17/h3-8,13,18H,1-2H3. The lowest BCUT2D eigenvalue weighted by Gasteiger charge is -2.19. The minimum atomic E-state index is -4.73. The van der Waals surface area contributed by atoms with Crippen molar-refractivity contribution < 1.29 is 22.3 Å². The number of benzene rings is 1. The highest BCUT2D eigenvalue weighted by Crippen LogP contribution is 2.33. The molecule has 1 aromatic carbocycles. The van der Waals surface area contributed by atoms with Gasteiger partial charge in [-0.2, -0.15) is 0 Å². The Labute approximate surface area is 114 Å². The third kappa shape index (κ3) is 3.33. The van der Waals surface area contributed by atoms with Crippen LogP contribution in [-0.2, 0) is 0 Å². The van der Waals surface area contributed by atoms with Crippen LogP contribution in [0.1, 0.15) is 23.1 Å². The minimum Gasteiger partial charge on any atom is -0.464 e. The number of halogens is 3. The number of alkyl halides is 3. The monoisotopic (exact) mass is 285 g/mol. The summed E-state index contributed by atoms with van der Waals surface area (Å²) >= 11 is 0. The van der Waals surface area contributed by atoms with Gasteiger partial charge in [-0.15, -0.1) is 13.2 Å². The molecule has 0 saturated heterocycles. The van der Waals surface area contributed by atoms with Gasteiger partial charge in [-0.25, -0.2) is 0 Å². The third-order valence-electron chi connectivity index (χ3n) is 2.79. The maximum Gasteiger partial charge on any atom is 0.573 e. The van der Waals surface area contributed by atoms with Gasteiger partial charge in [0.25, 0.3) is 0 Å². The van der Waals surface area contributed by atoms with Crippen LogP contribution in [0.25, 0.3) is 0 Å². The molecule has 0 aliphatic heterocycles. The molecule has 108 valence electrons. The van der Waals surface area contributed by atoms with Crippen LogP contribution in [0.3, 0.4) is 0 Å². The molecule has 6 heteroatoms. The Morgan fingerprint density at radius 1 is 1.15 bits per heavy atom. The number of aryl methyl sites for hydroxylation is 1. The minimum absolute atomic E-state index is 0.242. The summed E-state index contributed by atoms with van der Waals surface area (Å²) in [7, 11) is 1.65. The second-order valence-corrected chi connectivity index (χ2v) is 4.26. The van der Waals surface area contributed by atoms with E-state index in [1.165, 1.54) is 12.1 Å². The number of furan rings is 1. The average molecular weight is 285 g/mol. The predicted molar refractivity (Wildman–Crippen MR) is 67.5 cm³/mol. The largest absolute Gasteiger partial charge is 0.573 e. The van der Waals surface area contributed by atoms with Crippen LogP contribution in [0.4, 0.5) is 13.2 Å². The lowest BCUT2D eigenvalue weighted by atomic mass is 10.0. The molecule has 1 aromatic heterocycles. The van der Waals surface area contributed by atoms with Crippen molar-refractivity contribution in [2.24, 2.45) is 0 Å². The molecule has 1 atom stereocenters. The number of ether oxygens (including phenoxy) is 1. The maximum atomic E-state index is 12.4. The fraction of sp³-hybridized carbons (Fsp3) is 0.286. The topological polar surface area (TPSA) is 34.4 Å². The molecule has 1 N–H and O–H groups in total. The fourth-order valence-electron chi connectivity index (χ4n) is 2.00. The van der Waals surface area contributed by atoms with Crippen LogP contribution in [0, 0.1) is 6.92 Å². The van der Waals surface area contributed by atoms with E-state index in [0.717, 1.165) is 0 Å². The highest BCUT2D eigenvalue weighted by molar-refractivity contribution is 5.39. The highest BCUT2D eigenvalue weighted by atomic mass is 19.4. The van der Waals surface area contributed by atoms with E-state index >= 15 is 0 Å². The van der Waals surface area contributed by atoms with Gasteiger partial charge in [0.05, 0.1) is 6.04 Å². The van der Waals surface area contributed by atoms with Crippen LogP contribution in [-0.4, -0.2) is 13.4 Å². The zero-order chi connectivity index (χ0) is 14.8. The van der Waals surface area contributed by atoms with Crippen molar-refractivity contribution in [1.29, 1.82) is 0 Å². The Balaban J connectivity index is 2.39. The SMILES string of the molecule is CNC(c1ccc(C)o1)c1ccccc1OC(F)(F)F. The third-order valence-corrected chi connectivity index (χ3v) is 2.79. The van der Waals surface area contributed by atoms with Gasteiger partial charge in [-0.3, -0.25) is 0 Å². The first-order valence-corrected chi connectivity index (χ1v) is 5.99. The molecule has 2 rings (SSSR count). The molecule has 0 bridgehead atoms. The lowest BCUT2D eigenvalue weighted by Crippen LogP contribution is -2.22. The fourth-order valence-corrected chi connectivity index (χ4v) is 2.00. The van der Waals surface area contributed by atoms with Crippen molar-refractivity contribution in [3.63, 3.8) is 0 Å². The second-order valence-electron chi connectivity index (χ2n) is 4.26. The van der Waals surface area contributed by atoms with E-state index in [-0.39, 0.29) is 5.75 Å². The van der Waals surface area contributed by atoms with E-state index < -0.39 is 12.4 Å². The predicted octanol–water partition coefficient (Wildman–Crippen LogP) is 3.80. The van der Waals surface area contributed by atoms with Crippen LogP contribution in [0.2, 0.25) is 0 Å². The Hall–Kier alpha value is -1.95. The number of hydrogen-bond donors (Lipinski definition) is 1. The first-order valence-electron chi connectivity index (χ1n) is 5.99. The van der Waals surface area contributed by atoms with E-state index in [4.69, 9.17) is 4.42 Å². The van der Waals surface area contributed by atoms with E-state index in [2.05, 4.69) is 10.1 Å². The number of para-hydroxylation sites is 1. The summed E-state index contributed by atoms with van der Waals surface area (Å²) < 4.78 is 46.8. The van der Waals surface area contributed by atoms with Crippen LogP contribution < -0.4 is 10.1 Å². The molecule has 3 nitrogen and oxygen atoms in total. The molecule has 0 fully saturated rings. The van der Waals surface area contributed by atoms with Gasteiger partial charge in [0.2, 0.25) is 0 Å². The Kier molecular flexibility index (Phi) is 4.04. The van der Waals surface area contributed by atoms with Crippen LogP contribution in [0.15, 0.2) is 40.8 Å². The molecule has 0 saturated carbocycles. The van der Waals surface area contributed by atoms with Crippen molar-refractivity contribution in [1.82, 2.24) is 5.32 Å². The first-order chi connectivity index (χ1) is 9.40. The Bertz CT molecular complexity index is 578. The zero-order valence-electron chi connectivity index (χ0n) is 11.0. The Morgan fingerprint density at radius 3 is 2.40 bits per heavy atom. The summed E-state index contributed by atoms with van der Waals surface area (Å²) in [5, 5.41) is 2.93. The maximum absolute atomic E-state index is 12.4. The number of rotatable bonds is 4. The smallest absolute Gasteiger partial charge is 0.464 e. The molecule has 2 aromatic rings. The summed E-state index contributed by atoms with van der Waals surface area (Å²) in [5.41, 5.74) is 0.363. The quantitative estimate of drug-likeness (QED) is 0.928. The molecule has 1 unspecified atom stereocenters. The molecule has 0 aliphatic rings. The molecule has 0 spiro atoms. The molecular formula is C14H14F3NO2. The molecule has 1 heterocycles. The molecule has 0 amide bonds. The molecule has 0 radical (unpaired) electrons. The van der Waals surface area contributed by atoms with Gasteiger partial charge >= 0.3 is 6.36 Å². The second kappa shape index (κ2) is 5.58. The van der Waals surface area contributed by atoms with Crippen molar-refractivity contribution in [3.8, 4) is 5.75 Å². The first kappa shape index (κ1) is 14.5. The van der Waals surface area contributed by atoms with Crippen LogP contribution in [0.5, 0.6) is 5.75 Å². The average Bonchev–Trinajstić information content (AvgIpc) is 2.77. The summed E-state index contributed by atoms with van der Waals surface area (Å²) in [6.45, 7) is 1.77. The van der Waals surface area contributed by atoms with Gasteiger partial charge < -0.3 is 14.5 Å². The summed E-state index contributed by atoms with van der Waals surface area (Å²) in [4.78, 5) is 0. The van der Waals surface area contributed by atoms with Crippen molar-refractivity contribution in [3.05, 3.63) is 53.5 Å². The van der Waals surface area contributed by atoms with E-state index in [9.17, 15) is 13.2 Å². The molecule has 0 aliphatic carbocycles. The van der Waals surface area contributed by atoms with Crippen LogP contribution >= 0.6 is 0 Å². The molecular weight excluding hydrogens is 271 g/mol. The molecule has 20 heavy (non-hydrogen) atoms. The van der Waals surface area contributed by atoms with Gasteiger partial charge in [0.1, 0.15) is 17.3 Å². The van der Waals surface area contributed by atoms with Crippen molar-refractivity contribution >= 4 is 0 Å². The number of hydrogen-bond acceptors (Lipinski definition) is 3. The lowest BCUT2D eigenvalue weighted by molar-refractivity contribution is -0.275. The summed E-state index contributed by atoms with van der Waals surface area (Å²) in [6, 6.07) is 8.96. The van der Waals surface area contributed by atoms with Gasteiger partial charge in [-0.05, 0) is 32.2 Å². The van der Waals surface area contributed by atoms with Gasteiger partial charge in [0.15, 0.2) is 0 Å². The number of nitrogens with one attached hydrogen (secondary N) is 1. The Morgan fingerprint density at radius 2 is 1.85 bits per heavy atom. The summed E-state index contributed by atoms with van der Waals surface area (Å²) in [6.07, 6.45) is -4.73. The highest BCUT2D eigenvalue weighted by Gasteiger charge is 2.33. The van der Waals surface area contributed by atoms with E-state index in [1.54, 1.807) is 38.2 Å². The van der Waals surface area contributed by atoms with E-state index in [0.29, 0.717) is 17.1 Å². The van der Waals surface area contributed by atoms with E-state index in [1.807, 2.05) is 0 Å². The zero-order valence-corrected chi connectivity index (χ0v) is 11.0. The van der Waals surface area contributed by atoms with Crippen molar-refractivity contribution in [2.45, 2.75) is 19.3 Å². The normalized spacial score (nSPS) is 13.2.